The van der Waals surface area contributed by atoms with E-state index in [1.165, 1.54) is 20.3 Å². The van der Waals surface area contributed by atoms with Gasteiger partial charge in [0.05, 0.1) is 32.6 Å². The summed E-state index contributed by atoms with van der Waals surface area (Å²) in [6.45, 7) is 8.18. The summed E-state index contributed by atoms with van der Waals surface area (Å²) in [5, 5.41) is 14.2. The molecule has 0 unspecified atom stereocenters. The number of methoxy groups -OCH3 is 3. The van der Waals surface area contributed by atoms with E-state index in [1.54, 1.807) is 25.3 Å². The van der Waals surface area contributed by atoms with E-state index in [4.69, 9.17) is 19.5 Å². The van der Waals surface area contributed by atoms with E-state index in [9.17, 15) is 9.18 Å². The van der Waals surface area contributed by atoms with E-state index < -0.39 is 11.8 Å². The second-order valence-electron chi connectivity index (χ2n) is 5.13. The molecule has 0 fully saturated rings. The van der Waals surface area contributed by atoms with Crippen molar-refractivity contribution >= 4 is 11.7 Å². The molecule has 2 rings (SSSR count). The Hall–Kier alpha value is -3.47. The first-order valence-electron chi connectivity index (χ1n) is 9.55. The number of urea groups is 1. The van der Waals surface area contributed by atoms with Crippen LogP contribution in [-0.4, -0.2) is 27.4 Å². The van der Waals surface area contributed by atoms with Crippen LogP contribution in [0.3, 0.4) is 0 Å². The van der Waals surface area contributed by atoms with Crippen LogP contribution in [0.4, 0.5) is 14.9 Å². The lowest BCUT2D eigenvalue weighted by atomic mass is 10.1. The highest BCUT2D eigenvalue weighted by atomic mass is 19.1. The second kappa shape index (κ2) is 14.5. The molecule has 2 N–H and O–H groups in total. The monoisotopic (exact) mass is 419 g/mol. The van der Waals surface area contributed by atoms with Crippen molar-refractivity contribution in [3.05, 3.63) is 47.3 Å². The Morgan fingerprint density at radius 1 is 1.00 bits per heavy atom. The zero-order valence-corrected chi connectivity index (χ0v) is 18.6. The molecule has 0 saturated carbocycles. The number of nitriles is 1. The summed E-state index contributed by atoms with van der Waals surface area (Å²) < 4.78 is 28.9. The maximum atomic E-state index is 13.6. The maximum Gasteiger partial charge on any atom is 0.319 e. The molecule has 0 atom stereocenters. The van der Waals surface area contributed by atoms with Gasteiger partial charge in [0.25, 0.3) is 0 Å². The molecule has 164 valence electrons. The van der Waals surface area contributed by atoms with E-state index in [-0.39, 0.29) is 23.5 Å². The van der Waals surface area contributed by atoms with Gasteiger partial charge in [-0.15, -0.1) is 0 Å². The summed E-state index contributed by atoms with van der Waals surface area (Å²) in [6, 6.07) is 8.73. The molecule has 0 spiro atoms. The van der Waals surface area contributed by atoms with Crippen molar-refractivity contribution in [3.8, 4) is 23.3 Å². The number of amides is 2. The first-order valence-corrected chi connectivity index (χ1v) is 9.55. The fourth-order valence-electron chi connectivity index (χ4n) is 2.25. The van der Waals surface area contributed by atoms with Crippen molar-refractivity contribution in [1.29, 1.82) is 5.26 Å². The van der Waals surface area contributed by atoms with Crippen LogP contribution < -0.4 is 24.8 Å². The van der Waals surface area contributed by atoms with E-state index in [0.717, 1.165) is 11.6 Å². The van der Waals surface area contributed by atoms with Gasteiger partial charge in [0.2, 0.25) is 0 Å². The van der Waals surface area contributed by atoms with E-state index >= 15 is 0 Å². The zero-order valence-electron chi connectivity index (χ0n) is 18.6. The minimum Gasteiger partial charge on any atom is -0.497 e. The smallest absolute Gasteiger partial charge is 0.319 e. The molecule has 8 heteroatoms. The highest BCUT2D eigenvalue weighted by Crippen LogP contribution is 2.26. The van der Waals surface area contributed by atoms with Gasteiger partial charge < -0.3 is 24.8 Å². The third-order valence-corrected chi connectivity index (χ3v) is 3.59. The molecule has 0 radical (unpaired) electrons. The Labute approximate surface area is 177 Å². The number of carbonyl (C=O) groups is 1. The number of nitrogens with one attached hydrogen (secondary N) is 2. The van der Waals surface area contributed by atoms with Crippen molar-refractivity contribution in [3.63, 3.8) is 0 Å². The lowest BCUT2D eigenvalue weighted by molar-refractivity contribution is 0.251. The van der Waals surface area contributed by atoms with Crippen LogP contribution in [0.5, 0.6) is 17.2 Å². The van der Waals surface area contributed by atoms with Gasteiger partial charge in [0, 0.05) is 24.2 Å². The average Bonchev–Trinajstić information content (AvgIpc) is 2.80. The number of rotatable bonds is 6. The Bertz CT molecular complexity index is 851. The highest BCUT2D eigenvalue weighted by Gasteiger charge is 2.13. The number of anilines is 1. The van der Waals surface area contributed by atoms with Gasteiger partial charge in [0.15, 0.2) is 11.6 Å². The summed E-state index contributed by atoms with van der Waals surface area (Å²) in [5.74, 6) is 0.437. The average molecular weight is 419 g/mol. The quantitative estimate of drug-likeness (QED) is 0.680. The first kappa shape index (κ1) is 26.5. The van der Waals surface area contributed by atoms with Crippen molar-refractivity contribution in [2.24, 2.45) is 0 Å². The molecule has 0 aromatic heterocycles. The van der Waals surface area contributed by atoms with Crippen LogP contribution in [0.1, 0.15) is 38.8 Å². The van der Waals surface area contributed by atoms with Gasteiger partial charge >= 0.3 is 6.03 Å². The van der Waals surface area contributed by atoms with Crippen molar-refractivity contribution < 1.29 is 23.4 Å². The Balaban J connectivity index is 0.00000198. The molecule has 2 amide bonds. The van der Waals surface area contributed by atoms with Crippen molar-refractivity contribution in [2.75, 3.05) is 26.6 Å². The number of hydrogen-bond acceptors (Lipinski definition) is 5. The number of hydrogen-bond donors (Lipinski definition) is 2. The van der Waals surface area contributed by atoms with Gasteiger partial charge in [-0.05, 0) is 18.2 Å². The molecule has 30 heavy (non-hydrogen) atoms. The SMILES string of the molecule is CC.CC.COc1ccc(CNC(=O)Nc2cc(OC)c(F)cc2C#N)c(OC)c1. The number of halogens is 1. The molecule has 0 aliphatic heterocycles. The van der Waals surface area contributed by atoms with Crippen molar-refractivity contribution in [2.45, 2.75) is 34.2 Å². The van der Waals surface area contributed by atoms with Gasteiger partial charge in [-0.1, -0.05) is 27.7 Å². The Morgan fingerprint density at radius 3 is 2.17 bits per heavy atom. The fourth-order valence-corrected chi connectivity index (χ4v) is 2.25. The molecular formula is C22H30FN3O4. The largest absolute Gasteiger partial charge is 0.497 e. The van der Waals surface area contributed by atoms with Gasteiger partial charge in [-0.2, -0.15) is 5.26 Å². The zero-order chi connectivity index (χ0) is 23.1. The molecule has 7 nitrogen and oxygen atoms in total. The lowest BCUT2D eigenvalue weighted by Crippen LogP contribution is -2.28. The normalized spacial score (nSPS) is 8.90. The summed E-state index contributed by atoms with van der Waals surface area (Å²) in [5.41, 5.74) is 0.867. The van der Waals surface area contributed by atoms with Crippen LogP contribution in [0.2, 0.25) is 0 Å². The van der Waals surface area contributed by atoms with Gasteiger partial charge in [-0.3, -0.25) is 0 Å². The Kier molecular flexibility index (Phi) is 12.8. The summed E-state index contributed by atoms with van der Waals surface area (Å²) >= 11 is 0. The molecule has 0 bridgehead atoms. The minimum atomic E-state index is -0.682. The number of nitrogens with zero attached hydrogens (tertiary/aromatic N) is 1. The third kappa shape index (κ3) is 7.51. The summed E-state index contributed by atoms with van der Waals surface area (Å²) in [6.07, 6.45) is 0. The molecule has 0 heterocycles. The van der Waals surface area contributed by atoms with Crippen LogP contribution >= 0.6 is 0 Å². The van der Waals surface area contributed by atoms with Gasteiger partial charge in [0.1, 0.15) is 17.6 Å². The highest BCUT2D eigenvalue weighted by molar-refractivity contribution is 5.91. The third-order valence-electron chi connectivity index (χ3n) is 3.59. The summed E-state index contributed by atoms with van der Waals surface area (Å²) in [7, 11) is 4.36. The van der Waals surface area contributed by atoms with E-state index in [0.29, 0.717) is 11.5 Å². The molecule has 2 aromatic carbocycles. The Morgan fingerprint density at radius 2 is 1.63 bits per heavy atom. The summed E-state index contributed by atoms with van der Waals surface area (Å²) in [4.78, 5) is 12.1. The minimum absolute atomic E-state index is 0.0134. The van der Waals surface area contributed by atoms with Crippen LogP contribution in [0.25, 0.3) is 0 Å². The molecule has 0 saturated heterocycles. The van der Waals surface area contributed by atoms with E-state index in [2.05, 4.69) is 10.6 Å². The molecular weight excluding hydrogens is 389 g/mol. The number of carbonyl (C=O) groups excluding carboxylic acids is 1. The fraction of sp³-hybridized carbons (Fsp3) is 0.364. The second-order valence-corrected chi connectivity index (χ2v) is 5.13. The van der Waals surface area contributed by atoms with Crippen LogP contribution in [0.15, 0.2) is 30.3 Å². The van der Waals surface area contributed by atoms with Crippen molar-refractivity contribution in [1.82, 2.24) is 5.32 Å². The maximum absolute atomic E-state index is 13.6. The van der Waals surface area contributed by atoms with Crippen LogP contribution in [0, 0.1) is 17.1 Å². The number of benzene rings is 2. The topological polar surface area (TPSA) is 92.6 Å². The lowest BCUT2D eigenvalue weighted by Gasteiger charge is -2.13. The predicted octanol–water partition coefficient (Wildman–Crippen LogP) is 5.10. The standard InChI is InChI=1S/C18H18FN3O4.2C2H6/c1-24-13-5-4-11(16(7-13)25-2)10-21-18(23)22-15-8-17(26-3)14(19)6-12(15)9-20;2*1-2/h4-8H,10H2,1-3H3,(H2,21,22,23);2*1-2H3. The van der Waals surface area contributed by atoms with Gasteiger partial charge in [-0.25, -0.2) is 9.18 Å². The molecule has 2 aromatic rings. The van der Waals surface area contributed by atoms with Crippen LogP contribution in [-0.2, 0) is 6.54 Å². The first-order chi connectivity index (χ1) is 14.5. The molecule has 0 aliphatic carbocycles. The van der Waals surface area contributed by atoms with E-state index in [1.807, 2.05) is 33.8 Å². The molecule has 0 aliphatic rings. The predicted molar refractivity (Wildman–Crippen MR) is 116 cm³/mol. The number of ether oxygens (including phenoxy) is 3.